The normalized spacial score (nSPS) is 11.3. The number of aryl methyl sites for hydroxylation is 1. The molecule has 1 aromatic heterocycles. The van der Waals surface area contributed by atoms with E-state index in [4.69, 9.17) is 5.73 Å². The fourth-order valence-electron chi connectivity index (χ4n) is 2.44. The van der Waals surface area contributed by atoms with Gasteiger partial charge in [0.1, 0.15) is 5.00 Å². The third-order valence-electron chi connectivity index (χ3n) is 3.87. The topological polar surface area (TPSA) is 89.3 Å². The fourth-order valence-corrected chi connectivity index (χ4v) is 4.16. The first kappa shape index (κ1) is 18.2. The number of nitrogens with one attached hydrogen (secondary N) is 1. The SMILES string of the molecule is Cc1ccc(-c2cc(C(N)=O)c(Nc3ccc(S(C)(=O)=O)cc3)s2)cc1. The molecule has 0 unspecified atom stereocenters. The van der Waals surface area contributed by atoms with E-state index in [0.29, 0.717) is 16.3 Å². The van der Waals surface area contributed by atoms with E-state index in [1.54, 1.807) is 18.2 Å². The molecule has 0 saturated carbocycles. The van der Waals surface area contributed by atoms with Gasteiger partial charge >= 0.3 is 0 Å². The monoisotopic (exact) mass is 386 g/mol. The molecule has 5 nitrogen and oxygen atoms in total. The van der Waals surface area contributed by atoms with Crippen LogP contribution >= 0.6 is 11.3 Å². The molecule has 0 spiro atoms. The van der Waals surface area contributed by atoms with Crippen LogP contribution in [0.25, 0.3) is 10.4 Å². The van der Waals surface area contributed by atoms with Crippen molar-refractivity contribution in [2.24, 2.45) is 5.73 Å². The highest BCUT2D eigenvalue weighted by Crippen LogP contribution is 2.37. The molecule has 3 aromatic rings. The van der Waals surface area contributed by atoms with Crippen LogP contribution in [0.1, 0.15) is 15.9 Å². The molecular weight excluding hydrogens is 368 g/mol. The number of sulfone groups is 1. The minimum Gasteiger partial charge on any atom is -0.366 e. The lowest BCUT2D eigenvalue weighted by Crippen LogP contribution is -2.11. The Morgan fingerprint density at radius 1 is 1.04 bits per heavy atom. The first-order chi connectivity index (χ1) is 12.2. The van der Waals surface area contributed by atoms with Crippen molar-refractivity contribution in [3.8, 4) is 10.4 Å². The molecule has 0 aliphatic rings. The van der Waals surface area contributed by atoms with Crippen LogP contribution in [0.4, 0.5) is 10.7 Å². The first-order valence-corrected chi connectivity index (χ1v) is 10.5. The number of thiophene rings is 1. The predicted molar refractivity (Wildman–Crippen MR) is 106 cm³/mol. The maximum Gasteiger partial charge on any atom is 0.251 e. The van der Waals surface area contributed by atoms with Crippen LogP contribution < -0.4 is 11.1 Å². The van der Waals surface area contributed by atoms with Crippen molar-refractivity contribution in [3.63, 3.8) is 0 Å². The van der Waals surface area contributed by atoms with E-state index in [9.17, 15) is 13.2 Å². The van der Waals surface area contributed by atoms with E-state index in [0.717, 1.165) is 22.3 Å². The van der Waals surface area contributed by atoms with Crippen molar-refractivity contribution in [1.29, 1.82) is 0 Å². The maximum atomic E-state index is 11.8. The van der Waals surface area contributed by atoms with Gasteiger partial charge in [0.2, 0.25) is 0 Å². The smallest absolute Gasteiger partial charge is 0.251 e. The minimum atomic E-state index is -3.25. The highest BCUT2D eigenvalue weighted by Gasteiger charge is 2.15. The Hall–Kier alpha value is -2.64. The quantitative estimate of drug-likeness (QED) is 0.694. The van der Waals surface area contributed by atoms with Crippen molar-refractivity contribution in [2.75, 3.05) is 11.6 Å². The van der Waals surface area contributed by atoms with Gasteiger partial charge in [-0.3, -0.25) is 4.79 Å². The Balaban J connectivity index is 1.94. The lowest BCUT2D eigenvalue weighted by atomic mass is 10.1. The zero-order chi connectivity index (χ0) is 18.9. The molecule has 0 saturated heterocycles. The van der Waals surface area contributed by atoms with Gasteiger partial charge in [-0.2, -0.15) is 0 Å². The fraction of sp³-hybridized carbons (Fsp3) is 0.105. The number of nitrogens with two attached hydrogens (primary N) is 1. The highest BCUT2D eigenvalue weighted by atomic mass is 32.2. The lowest BCUT2D eigenvalue weighted by Gasteiger charge is -2.06. The third kappa shape index (κ3) is 3.95. The summed E-state index contributed by atoms with van der Waals surface area (Å²) >= 11 is 1.42. The van der Waals surface area contributed by atoms with Gasteiger partial charge in [0.05, 0.1) is 10.5 Å². The molecule has 0 aliphatic carbocycles. The second-order valence-electron chi connectivity index (χ2n) is 6.01. The summed E-state index contributed by atoms with van der Waals surface area (Å²) < 4.78 is 23.1. The summed E-state index contributed by atoms with van der Waals surface area (Å²) in [5.74, 6) is -0.519. The maximum absolute atomic E-state index is 11.8. The number of carbonyl (C=O) groups excluding carboxylic acids is 1. The summed E-state index contributed by atoms with van der Waals surface area (Å²) in [6.07, 6.45) is 1.16. The molecule has 0 aliphatic heterocycles. The molecule has 0 atom stereocenters. The largest absolute Gasteiger partial charge is 0.366 e. The molecule has 2 aromatic carbocycles. The van der Waals surface area contributed by atoms with E-state index in [2.05, 4.69) is 5.32 Å². The van der Waals surface area contributed by atoms with E-state index in [1.807, 2.05) is 31.2 Å². The Morgan fingerprint density at radius 3 is 2.19 bits per heavy atom. The predicted octanol–water partition coefficient (Wildman–Crippen LogP) is 3.97. The number of hydrogen-bond acceptors (Lipinski definition) is 5. The van der Waals surface area contributed by atoms with Gasteiger partial charge in [-0.05, 0) is 42.8 Å². The van der Waals surface area contributed by atoms with E-state index < -0.39 is 15.7 Å². The van der Waals surface area contributed by atoms with Gasteiger partial charge in [0.25, 0.3) is 5.91 Å². The van der Waals surface area contributed by atoms with Crippen molar-refractivity contribution in [1.82, 2.24) is 0 Å². The second-order valence-corrected chi connectivity index (χ2v) is 9.07. The average Bonchev–Trinajstić information content (AvgIpc) is 2.99. The van der Waals surface area contributed by atoms with Crippen molar-refractivity contribution in [2.45, 2.75) is 11.8 Å². The summed E-state index contributed by atoms with van der Waals surface area (Å²) in [6, 6.07) is 16.1. The summed E-state index contributed by atoms with van der Waals surface area (Å²) in [7, 11) is -3.25. The van der Waals surface area contributed by atoms with Crippen molar-refractivity contribution in [3.05, 3.63) is 65.7 Å². The Kier molecular flexibility index (Phi) is 4.84. The summed E-state index contributed by atoms with van der Waals surface area (Å²) in [5, 5.41) is 3.78. The summed E-state index contributed by atoms with van der Waals surface area (Å²) in [5.41, 5.74) is 8.75. The van der Waals surface area contributed by atoms with Crippen LogP contribution in [0, 0.1) is 6.92 Å². The third-order valence-corrected chi connectivity index (χ3v) is 6.10. The molecule has 0 fully saturated rings. The summed E-state index contributed by atoms with van der Waals surface area (Å²) in [4.78, 5) is 13.0. The van der Waals surface area contributed by atoms with Gasteiger partial charge in [0.15, 0.2) is 9.84 Å². The van der Waals surface area contributed by atoms with Gasteiger partial charge in [-0.15, -0.1) is 11.3 Å². The number of amides is 1. The molecular formula is C19H18N2O3S2. The highest BCUT2D eigenvalue weighted by molar-refractivity contribution is 7.90. The molecule has 0 radical (unpaired) electrons. The van der Waals surface area contributed by atoms with Crippen LogP contribution in [0.5, 0.6) is 0 Å². The summed E-state index contributed by atoms with van der Waals surface area (Å²) in [6.45, 7) is 2.01. The molecule has 7 heteroatoms. The van der Waals surface area contributed by atoms with Crippen molar-refractivity contribution < 1.29 is 13.2 Å². The number of carbonyl (C=O) groups is 1. The number of primary amides is 1. The average molecular weight is 386 g/mol. The molecule has 134 valence electrons. The van der Waals surface area contributed by atoms with E-state index in [1.165, 1.54) is 23.5 Å². The number of hydrogen-bond donors (Lipinski definition) is 2. The van der Waals surface area contributed by atoms with Crippen LogP contribution in [-0.2, 0) is 9.84 Å². The zero-order valence-electron chi connectivity index (χ0n) is 14.3. The van der Waals surface area contributed by atoms with E-state index >= 15 is 0 Å². The van der Waals surface area contributed by atoms with Crippen LogP contribution in [-0.4, -0.2) is 20.6 Å². The molecule has 26 heavy (non-hydrogen) atoms. The number of rotatable bonds is 5. The molecule has 1 heterocycles. The first-order valence-electron chi connectivity index (χ1n) is 7.82. The lowest BCUT2D eigenvalue weighted by molar-refractivity contribution is 0.100. The second kappa shape index (κ2) is 6.93. The molecule has 0 bridgehead atoms. The number of anilines is 2. The zero-order valence-corrected chi connectivity index (χ0v) is 15.9. The molecule has 1 amide bonds. The van der Waals surface area contributed by atoms with Gasteiger partial charge in [-0.1, -0.05) is 29.8 Å². The molecule has 3 N–H and O–H groups in total. The van der Waals surface area contributed by atoms with Gasteiger partial charge in [-0.25, -0.2) is 8.42 Å². The van der Waals surface area contributed by atoms with Crippen LogP contribution in [0.15, 0.2) is 59.5 Å². The van der Waals surface area contributed by atoms with E-state index in [-0.39, 0.29) is 4.90 Å². The van der Waals surface area contributed by atoms with Crippen molar-refractivity contribution >= 4 is 37.8 Å². The standard InChI is InChI=1S/C19H18N2O3S2/c1-12-3-5-13(6-4-12)17-11-16(18(20)22)19(25-17)21-14-7-9-15(10-8-14)26(2,23)24/h3-11,21H,1-2H3,(H2,20,22). The van der Waals surface area contributed by atoms with Gasteiger partial charge < -0.3 is 11.1 Å². The Morgan fingerprint density at radius 2 is 1.65 bits per heavy atom. The van der Waals surface area contributed by atoms with Gasteiger partial charge in [0, 0.05) is 16.8 Å². The Bertz CT molecular complexity index is 1050. The minimum absolute atomic E-state index is 0.240. The van der Waals surface area contributed by atoms with Crippen LogP contribution in [0.3, 0.4) is 0 Å². The number of benzene rings is 2. The van der Waals surface area contributed by atoms with Crippen LogP contribution in [0.2, 0.25) is 0 Å². The Labute approximate surface area is 156 Å². The molecule has 3 rings (SSSR count).